The maximum absolute atomic E-state index is 12.6. The van der Waals surface area contributed by atoms with E-state index >= 15 is 0 Å². The van der Waals surface area contributed by atoms with Gasteiger partial charge in [0.05, 0.1) is 5.69 Å². The van der Waals surface area contributed by atoms with Crippen LogP contribution in [0.5, 0.6) is 0 Å². The summed E-state index contributed by atoms with van der Waals surface area (Å²) in [6.45, 7) is 3.29. The maximum atomic E-state index is 12.6. The predicted octanol–water partition coefficient (Wildman–Crippen LogP) is 3.53. The standard InChI is InChI=1S/C16H17ClN4O/c1-11-5-6-12(17)10-13(11)19-16(22)21-9-8-20(2)15-14(21)4-3-7-18-15/h3-7,10H,8-9H2,1-2H3,(H,19,22). The minimum Gasteiger partial charge on any atom is -0.356 e. The molecule has 0 radical (unpaired) electrons. The van der Waals surface area contributed by atoms with Crippen LogP contribution in [0.3, 0.4) is 0 Å². The van der Waals surface area contributed by atoms with Gasteiger partial charge in [0.1, 0.15) is 0 Å². The second-order valence-electron chi connectivity index (χ2n) is 5.31. The molecule has 0 saturated carbocycles. The largest absolute Gasteiger partial charge is 0.356 e. The quantitative estimate of drug-likeness (QED) is 0.875. The molecule has 5 nitrogen and oxygen atoms in total. The Morgan fingerprint density at radius 2 is 2.14 bits per heavy atom. The van der Waals surface area contributed by atoms with Gasteiger partial charge in [0, 0.05) is 37.0 Å². The van der Waals surface area contributed by atoms with Crippen LogP contribution in [-0.2, 0) is 0 Å². The lowest BCUT2D eigenvalue weighted by Gasteiger charge is -2.34. The molecule has 0 spiro atoms. The van der Waals surface area contributed by atoms with Crippen LogP contribution >= 0.6 is 11.6 Å². The molecular formula is C16H17ClN4O. The summed E-state index contributed by atoms with van der Waals surface area (Å²) in [5, 5.41) is 3.53. The first kappa shape index (κ1) is 14.7. The molecule has 2 aromatic rings. The maximum Gasteiger partial charge on any atom is 0.326 e. The highest BCUT2D eigenvalue weighted by Gasteiger charge is 2.26. The predicted molar refractivity (Wildman–Crippen MR) is 90.1 cm³/mol. The zero-order chi connectivity index (χ0) is 15.7. The molecule has 6 heteroatoms. The molecule has 1 aromatic heterocycles. The summed E-state index contributed by atoms with van der Waals surface area (Å²) in [7, 11) is 1.97. The number of pyridine rings is 1. The number of fused-ring (bicyclic) bond motifs is 1. The summed E-state index contributed by atoms with van der Waals surface area (Å²) in [6.07, 6.45) is 1.73. The van der Waals surface area contributed by atoms with Crippen molar-refractivity contribution in [2.45, 2.75) is 6.92 Å². The Bertz CT molecular complexity index is 719. The van der Waals surface area contributed by atoms with E-state index in [1.165, 1.54) is 0 Å². The average molecular weight is 317 g/mol. The molecular weight excluding hydrogens is 300 g/mol. The average Bonchev–Trinajstić information content (AvgIpc) is 2.51. The topological polar surface area (TPSA) is 48.5 Å². The fraction of sp³-hybridized carbons (Fsp3) is 0.250. The van der Waals surface area contributed by atoms with E-state index in [0.29, 0.717) is 11.6 Å². The number of rotatable bonds is 1. The lowest BCUT2D eigenvalue weighted by atomic mass is 10.2. The number of amides is 2. The van der Waals surface area contributed by atoms with Gasteiger partial charge in [0.2, 0.25) is 0 Å². The van der Waals surface area contributed by atoms with Gasteiger partial charge in [-0.2, -0.15) is 0 Å². The van der Waals surface area contributed by atoms with E-state index in [4.69, 9.17) is 11.6 Å². The molecule has 0 aliphatic carbocycles. The monoisotopic (exact) mass is 316 g/mol. The van der Waals surface area contributed by atoms with Crippen LogP contribution in [0.4, 0.5) is 22.0 Å². The third-order valence-electron chi connectivity index (χ3n) is 3.76. The van der Waals surface area contributed by atoms with Crippen LogP contribution < -0.4 is 15.1 Å². The van der Waals surface area contributed by atoms with E-state index in [2.05, 4.69) is 10.3 Å². The van der Waals surface area contributed by atoms with Gasteiger partial charge in [-0.3, -0.25) is 4.90 Å². The molecule has 0 atom stereocenters. The Morgan fingerprint density at radius 3 is 2.95 bits per heavy atom. The zero-order valence-electron chi connectivity index (χ0n) is 12.5. The molecule has 2 heterocycles. The van der Waals surface area contributed by atoms with Gasteiger partial charge in [-0.05, 0) is 36.8 Å². The molecule has 22 heavy (non-hydrogen) atoms. The Hall–Kier alpha value is -2.27. The van der Waals surface area contributed by atoms with Gasteiger partial charge in [-0.1, -0.05) is 17.7 Å². The van der Waals surface area contributed by atoms with Crippen LogP contribution in [0, 0.1) is 6.92 Å². The van der Waals surface area contributed by atoms with E-state index < -0.39 is 0 Å². The van der Waals surface area contributed by atoms with Gasteiger partial charge in [0.25, 0.3) is 0 Å². The summed E-state index contributed by atoms with van der Waals surface area (Å²) in [6, 6.07) is 9.02. The summed E-state index contributed by atoms with van der Waals surface area (Å²) in [5.41, 5.74) is 2.51. The minimum atomic E-state index is -0.173. The van der Waals surface area contributed by atoms with Crippen molar-refractivity contribution < 1.29 is 4.79 Å². The van der Waals surface area contributed by atoms with Crippen LogP contribution in [0.15, 0.2) is 36.5 Å². The van der Waals surface area contributed by atoms with Crippen molar-refractivity contribution in [2.24, 2.45) is 0 Å². The first-order chi connectivity index (χ1) is 10.6. The molecule has 1 aliphatic rings. The van der Waals surface area contributed by atoms with Crippen molar-refractivity contribution in [2.75, 3.05) is 35.3 Å². The Kier molecular flexibility index (Phi) is 3.90. The zero-order valence-corrected chi connectivity index (χ0v) is 13.3. The summed E-state index contributed by atoms with van der Waals surface area (Å²) < 4.78 is 0. The van der Waals surface area contributed by atoms with E-state index in [0.717, 1.165) is 29.3 Å². The fourth-order valence-corrected chi connectivity index (χ4v) is 2.66. The molecule has 1 aliphatic heterocycles. The number of urea groups is 1. The fourth-order valence-electron chi connectivity index (χ4n) is 2.49. The van der Waals surface area contributed by atoms with Gasteiger partial charge >= 0.3 is 6.03 Å². The number of nitrogens with zero attached hydrogens (tertiary/aromatic N) is 3. The number of aryl methyl sites for hydroxylation is 1. The number of likely N-dealkylation sites (N-methyl/N-ethyl adjacent to an activating group) is 1. The third kappa shape index (κ3) is 2.72. The van der Waals surface area contributed by atoms with Crippen molar-refractivity contribution in [1.82, 2.24) is 4.98 Å². The lowest BCUT2D eigenvalue weighted by molar-refractivity contribution is 0.257. The molecule has 0 unspecified atom stereocenters. The summed E-state index contributed by atoms with van der Waals surface area (Å²) in [4.78, 5) is 20.7. The smallest absolute Gasteiger partial charge is 0.326 e. The number of hydrogen-bond donors (Lipinski definition) is 1. The number of benzene rings is 1. The highest BCUT2D eigenvalue weighted by atomic mass is 35.5. The molecule has 0 fully saturated rings. The van der Waals surface area contributed by atoms with Crippen molar-refractivity contribution in [3.05, 3.63) is 47.1 Å². The van der Waals surface area contributed by atoms with Crippen molar-refractivity contribution in [1.29, 1.82) is 0 Å². The Morgan fingerprint density at radius 1 is 1.32 bits per heavy atom. The second-order valence-corrected chi connectivity index (χ2v) is 5.75. The number of aromatic nitrogens is 1. The number of carbonyl (C=O) groups excluding carboxylic acids is 1. The number of hydrogen-bond acceptors (Lipinski definition) is 3. The lowest BCUT2D eigenvalue weighted by Crippen LogP contribution is -2.45. The van der Waals surface area contributed by atoms with E-state index in [1.54, 1.807) is 17.2 Å². The van der Waals surface area contributed by atoms with Crippen LogP contribution in [0.25, 0.3) is 0 Å². The van der Waals surface area contributed by atoms with Gasteiger partial charge in [-0.15, -0.1) is 0 Å². The SMILES string of the molecule is Cc1ccc(Cl)cc1NC(=O)N1CCN(C)c2ncccc21. The molecule has 3 rings (SSSR count). The summed E-state index contributed by atoms with van der Waals surface area (Å²) >= 11 is 6.00. The first-order valence-electron chi connectivity index (χ1n) is 7.07. The highest BCUT2D eigenvalue weighted by Crippen LogP contribution is 2.30. The van der Waals surface area contributed by atoms with Crippen molar-refractivity contribution in [3.63, 3.8) is 0 Å². The van der Waals surface area contributed by atoms with Crippen molar-refractivity contribution in [3.8, 4) is 0 Å². The Balaban J connectivity index is 1.87. The minimum absolute atomic E-state index is 0.173. The molecule has 114 valence electrons. The van der Waals surface area contributed by atoms with Crippen LogP contribution in [0.2, 0.25) is 5.02 Å². The van der Waals surface area contributed by atoms with Gasteiger partial charge < -0.3 is 10.2 Å². The second kappa shape index (κ2) is 5.85. The van der Waals surface area contributed by atoms with Crippen LogP contribution in [-0.4, -0.2) is 31.2 Å². The first-order valence-corrected chi connectivity index (χ1v) is 7.45. The molecule has 1 N–H and O–H groups in total. The van der Waals surface area contributed by atoms with Gasteiger partial charge in [0.15, 0.2) is 5.82 Å². The third-order valence-corrected chi connectivity index (χ3v) is 4.00. The summed E-state index contributed by atoms with van der Waals surface area (Å²) in [5.74, 6) is 0.812. The molecule has 1 aromatic carbocycles. The number of halogens is 1. The highest BCUT2D eigenvalue weighted by molar-refractivity contribution is 6.31. The molecule has 0 saturated heterocycles. The molecule has 2 amide bonds. The van der Waals surface area contributed by atoms with E-state index in [9.17, 15) is 4.79 Å². The number of anilines is 3. The number of carbonyl (C=O) groups is 1. The normalized spacial score (nSPS) is 13.8. The number of nitrogens with one attached hydrogen (secondary N) is 1. The van der Waals surface area contributed by atoms with E-state index in [-0.39, 0.29) is 6.03 Å². The molecule has 0 bridgehead atoms. The van der Waals surface area contributed by atoms with E-state index in [1.807, 2.05) is 43.1 Å². The van der Waals surface area contributed by atoms with Gasteiger partial charge in [-0.25, -0.2) is 9.78 Å². The van der Waals surface area contributed by atoms with Crippen LogP contribution in [0.1, 0.15) is 5.56 Å². The Labute approximate surface area is 134 Å². The van der Waals surface area contributed by atoms with Crippen molar-refractivity contribution >= 4 is 34.8 Å².